The molecule has 1 aromatic heterocycles. The summed E-state index contributed by atoms with van der Waals surface area (Å²) in [5.74, 6) is -2.74. The smallest absolute Gasteiger partial charge is 0.507 e. The van der Waals surface area contributed by atoms with Crippen LogP contribution in [0, 0.1) is 6.92 Å². The summed E-state index contributed by atoms with van der Waals surface area (Å²) in [6.07, 6.45) is -4.88. The molecule has 2 aromatic carbocycles. The van der Waals surface area contributed by atoms with Gasteiger partial charge in [0.1, 0.15) is 11.5 Å². The van der Waals surface area contributed by atoms with E-state index in [1.165, 1.54) is 18.2 Å². The highest BCUT2D eigenvalue weighted by atomic mass is 19.4. The number of benzene rings is 2. The summed E-state index contributed by atoms with van der Waals surface area (Å²) in [5, 5.41) is 19.2. The summed E-state index contributed by atoms with van der Waals surface area (Å²) >= 11 is 0. The van der Waals surface area contributed by atoms with Crippen LogP contribution in [0.15, 0.2) is 66.2 Å². The molecule has 1 amide bonds. The van der Waals surface area contributed by atoms with Gasteiger partial charge in [0.2, 0.25) is 0 Å². The predicted molar refractivity (Wildman–Crippen MR) is 130 cm³/mol. The van der Waals surface area contributed by atoms with E-state index in [1.54, 1.807) is 25.1 Å². The zero-order chi connectivity index (χ0) is 27.1. The minimum atomic E-state index is -4.88. The maximum Gasteiger partial charge on any atom is 0.573 e. The van der Waals surface area contributed by atoms with Crippen molar-refractivity contribution in [2.24, 2.45) is 0 Å². The molecule has 0 bridgehead atoms. The van der Waals surface area contributed by atoms with Crippen LogP contribution < -0.4 is 9.64 Å². The van der Waals surface area contributed by atoms with Crippen molar-refractivity contribution in [3.05, 3.63) is 88.6 Å². The molecule has 1 fully saturated rings. The molecule has 3 aromatic rings. The van der Waals surface area contributed by atoms with Crippen molar-refractivity contribution in [1.29, 1.82) is 0 Å². The van der Waals surface area contributed by atoms with Crippen LogP contribution in [-0.4, -0.2) is 33.4 Å². The quantitative estimate of drug-likeness (QED) is 0.278. The first-order chi connectivity index (χ1) is 17.3. The van der Waals surface area contributed by atoms with Gasteiger partial charge in [-0.05, 0) is 47.7 Å². The number of aliphatic hydroxyl groups excluding tert-OH is 1. The molecule has 4 rings (SSSR count). The number of aromatic nitrogens is 2. The second kappa shape index (κ2) is 9.34. The molecule has 37 heavy (non-hydrogen) atoms. The maximum absolute atomic E-state index is 13.2. The molecule has 1 aliphatic heterocycles. The number of aryl methyl sites for hydroxylation is 1. The fourth-order valence-electron chi connectivity index (χ4n) is 4.04. The number of halogens is 3. The van der Waals surface area contributed by atoms with Crippen molar-refractivity contribution in [1.82, 2.24) is 10.2 Å². The molecule has 0 aliphatic carbocycles. The first kappa shape index (κ1) is 25.9. The Balaban J connectivity index is 1.85. The van der Waals surface area contributed by atoms with E-state index in [-0.39, 0.29) is 22.4 Å². The molecule has 1 saturated heterocycles. The number of anilines is 1. The Labute approximate surface area is 211 Å². The van der Waals surface area contributed by atoms with Crippen molar-refractivity contribution < 1.29 is 32.6 Å². The normalized spacial score (nSPS) is 17.8. The first-order valence-corrected chi connectivity index (χ1v) is 11.3. The first-order valence-electron chi connectivity index (χ1n) is 11.3. The van der Waals surface area contributed by atoms with E-state index in [1.807, 2.05) is 32.9 Å². The van der Waals surface area contributed by atoms with E-state index < -0.39 is 35.6 Å². The number of hydrogen-bond donors (Lipinski definition) is 1. The van der Waals surface area contributed by atoms with Crippen molar-refractivity contribution >= 4 is 23.3 Å². The van der Waals surface area contributed by atoms with Crippen molar-refractivity contribution in [2.45, 2.75) is 45.5 Å². The molecule has 10 heteroatoms. The zero-order valence-corrected chi connectivity index (χ0v) is 20.5. The zero-order valence-electron chi connectivity index (χ0n) is 20.5. The number of ether oxygens (including phenoxy) is 1. The van der Waals surface area contributed by atoms with Gasteiger partial charge in [0.25, 0.3) is 5.78 Å². The minimum absolute atomic E-state index is 0.0513. The second-order valence-electron chi connectivity index (χ2n) is 9.65. The summed E-state index contributed by atoms with van der Waals surface area (Å²) < 4.78 is 41.9. The average Bonchev–Trinajstić information content (AvgIpc) is 3.08. The lowest BCUT2D eigenvalue weighted by Gasteiger charge is -2.24. The Bertz CT molecular complexity index is 1360. The van der Waals surface area contributed by atoms with Crippen LogP contribution in [0.1, 0.15) is 49.2 Å². The Kier molecular flexibility index (Phi) is 6.53. The van der Waals surface area contributed by atoms with E-state index >= 15 is 0 Å². The maximum atomic E-state index is 13.2. The van der Waals surface area contributed by atoms with E-state index in [9.17, 15) is 27.9 Å². The van der Waals surface area contributed by atoms with Crippen molar-refractivity contribution in [3.63, 3.8) is 0 Å². The van der Waals surface area contributed by atoms with Gasteiger partial charge in [-0.1, -0.05) is 57.2 Å². The summed E-state index contributed by atoms with van der Waals surface area (Å²) in [5.41, 5.74) is 1.78. The Morgan fingerprint density at radius 1 is 0.919 bits per heavy atom. The number of hydrogen-bond acceptors (Lipinski definition) is 6. The van der Waals surface area contributed by atoms with Gasteiger partial charge in [0, 0.05) is 5.56 Å². The molecule has 0 saturated carbocycles. The number of amides is 1. The third-order valence-electron chi connectivity index (χ3n) is 5.93. The van der Waals surface area contributed by atoms with Crippen LogP contribution in [0.25, 0.3) is 5.76 Å². The van der Waals surface area contributed by atoms with Gasteiger partial charge in [-0.2, -0.15) is 5.10 Å². The fraction of sp³-hybridized carbons (Fsp3) is 0.259. The summed E-state index contributed by atoms with van der Waals surface area (Å²) in [6, 6.07) is 13.6. The molecule has 1 atom stereocenters. The lowest BCUT2D eigenvalue weighted by molar-refractivity contribution is -0.274. The molecule has 0 radical (unpaired) electrons. The molecular formula is C27H24F3N3O4. The molecular weight excluding hydrogens is 487 g/mol. The summed E-state index contributed by atoms with van der Waals surface area (Å²) in [6.45, 7) is 7.79. The number of rotatable bonds is 4. The Morgan fingerprint density at radius 3 is 2.05 bits per heavy atom. The number of alkyl halides is 3. The predicted octanol–water partition coefficient (Wildman–Crippen LogP) is 5.61. The number of ketones is 1. The van der Waals surface area contributed by atoms with Gasteiger partial charge in [-0.3, -0.25) is 14.5 Å². The molecule has 2 heterocycles. The number of aliphatic hydroxyl groups is 1. The monoisotopic (exact) mass is 511 g/mol. The second-order valence-corrected chi connectivity index (χ2v) is 9.65. The van der Waals surface area contributed by atoms with Crippen LogP contribution >= 0.6 is 0 Å². The number of carbonyl (C=O) groups excluding carboxylic acids is 2. The van der Waals surface area contributed by atoms with E-state index in [0.29, 0.717) is 11.3 Å². The van der Waals surface area contributed by atoms with Gasteiger partial charge < -0.3 is 9.84 Å². The molecule has 1 N–H and O–H groups in total. The minimum Gasteiger partial charge on any atom is -0.507 e. The van der Waals surface area contributed by atoms with E-state index in [0.717, 1.165) is 22.6 Å². The Hall–Kier alpha value is -4.21. The number of nitrogens with zero attached hydrogens (tertiary/aromatic N) is 3. The van der Waals surface area contributed by atoms with Gasteiger partial charge in [-0.15, -0.1) is 18.3 Å². The van der Waals surface area contributed by atoms with Crippen molar-refractivity contribution in [2.75, 3.05) is 4.90 Å². The topological polar surface area (TPSA) is 92.6 Å². The highest BCUT2D eigenvalue weighted by Crippen LogP contribution is 2.42. The number of carbonyl (C=O) groups is 2. The largest absolute Gasteiger partial charge is 0.573 e. The van der Waals surface area contributed by atoms with Gasteiger partial charge in [-0.25, -0.2) is 0 Å². The summed E-state index contributed by atoms with van der Waals surface area (Å²) in [4.78, 5) is 27.4. The highest BCUT2D eigenvalue weighted by Gasteiger charge is 2.47. The van der Waals surface area contributed by atoms with Crippen LogP contribution in [-0.2, 0) is 15.0 Å². The molecule has 1 unspecified atom stereocenters. The standard InChI is InChI=1S/C27H24F3N3O4/c1-15-5-14-20(32-31-15)33-22(16-8-12-19(13-9-16)37-27(28,29)30)21(24(35)25(33)36)23(34)17-6-10-18(11-7-17)26(2,3)4/h5-14,22,34H,1-4H3. The SMILES string of the molecule is Cc1ccc(N2C(=O)C(=O)C(=C(O)c3ccc(C(C)(C)C)cc3)C2c2ccc(OC(F)(F)F)cc2)nn1. The van der Waals surface area contributed by atoms with Gasteiger partial charge >= 0.3 is 12.3 Å². The lowest BCUT2D eigenvalue weighted by atomic mass is 9.86. The van der Waals surface area contributed by atoms with Crippen LogP contribution in [0.2, 0.25) is 0 Å². The molecule has 7 nitrogen and oxygen atoms in total. The number of Topliss-reactive ketones (excluding diaryl/α,β-unsaturated/α-hetero) is 1. The van der Waals surface area contributed by atoms with Gasteiger partial charge in [0.15, 0.2) is 5.82 Å². The third-order valence-corrected chi connectivity index (χ3v) is 5.93. The third kappa shape index (κ3) is 5.32. The Morgan fingerprint density at radius 2 is 1.54 bits per heavy atom. The lowest BCUT2D eigenvalue weighted by Crippen LogP contribution is -2.30. The molecule has 192 valence electrons. The highest BCUT2D eigenvalue weighted by molar-refractivity contribution is 6.51. The average molecular weight is 512 g/mol. The van der Waals surface area contributed by atoms with E-state index in [4.69, 9.17) is 0 Å². The van der Waals surface area contributed by atoms with Crippen LogP contribution in [0.5, 0.6) is 5.75 Å². The van der Waals surface area contributed by atoms with Crippen LogP contribution in [0.4, 0.5) is 19.0 Å². The fourth-order valence-corrected chi connectivity index (χ4v) is 4.04. The van der Waals surface area contributed by atoms with E-state index in [2.05, 4.69) is 14.9 Å². The van der Waals surface area contributed by atoms with Crippen LogP contribution in [0.3, 0.4) is 0 Å². The van der Waals surface area contributed by atoms with Crippen molar-refractivity contribution in [3.8, 4) is 5.75 Å². The molecule has 0 spiro atoms. The molecule has 1 aliphatic rings. The summed E-state index contributed by atoms with van der Waals surface area (Å²) in [7, 11) is 0. The van der Waals surface area contributed by atoms with Gasteiger partial charge in [0.05, 0.1) is 17.3 Å².